The SMILES string of the molecule is C[C@H]1C(=O)NN=C2COc3cc(-c4ccccc4)c(CC4CCC4)cc3N21. The molecule has 0 bridgehead atoms. The Kier molecular flexibility index (Phi) is 3.88. The van der Waals surface area contributed by atoms with E-state index in [4.69, 9.17) is 4.74 Å². The minimum Gasteiger partial charge on any atom is -0.483 e. The van der Waals surface area contributed by atoms with Crippen molar-refractivity contribution in [3.8, 4) is 16.9 Å². The smallest absolute Gasteiger partial charge is 0.262 e. The number of benzene rings is 2. The Bertz CT molecular complexity index is 919. The molecule has 1 atom stereocenters. The molecule has 27 heavy (non-hydrogen) atoms. The molecule has 5 rings (SSSR count). The van der Waals surface area contributed by atoms with E-state index in [0.29, 0.717) is 6.61 Å². The highest BCUT2D eigenvalue weighted by atomic mass is 16.5. The number of hydrazone groups is 1. The number of hydrogen-bond donors (Lipinski definition) is 1. The van der Waals surface area contributed by atoms with Crippen LogP contribution in [0.25, 0.3) is 11.1 Å². The van der Waals surface area contributed by atoms with E-state index in [1.54, 1.807) is 0 Å². The number of nitrogens with one attached hydrogen (secondary N) is 1. The number of hydrogen-bond acceptors (Lipinski definition) is 4. The lowest BCUT2D eigenvalue weighted by molar-refractivity contribution is -0.122. The van der Waals surface area contributed by atoms with Gasteiger partial charge in [0.05, 0.1) is 5.69 Å². The number of anilines is 1. The maximum absolute atomic E-state index is 12.2. The van der Waals surface area contributed by atoms with E-state index in [9.17, 15) is 4.79 Å². The number of rotatable bonds is 3. The Morgan fingerprint density at radius 2 is 2.04 bits per heavy atom. The minimum absolute atomic E-state index is 0.0840. The molecule has 0 aromatic heterocycles. The van der Waals surface area contributed by atoms with Crippen molar-refractivity contribution in [1.82, 2.24) is 5.43 Å². The molecular weight excluding hydrogens is 338 g/mol. The first-order valence-corrected chi connectivity index (χ1v) is 9.71. The molecule has 5 nitrogen and oxygen atoms in total. The summed E-state index contributed by atoms with van der Waals surface area (Å²) in [7, 11) is 0. The maximum atomic E-state index is 12.2. The Hall–Kier alpha value is -2.82. The molecular formula is C22H23N3O2. The van der Waals surface area contributed by atoms with Gasteiger partial charge in [0.2, 0.25) is 0 Å². The van der Waals surface area contributed by atoms with Crippen molar-refractivity contribution < 1.29 is 9.53 Å². The van der Waals surface area contributed by atoms with Crippen LogP contribution in [0.3, 0.4) is 0 Å². The summed E-state index contributed by atoms with van der Waals surface area (Å²) in [6.07, 6.45) is 5.01. The van der Waals surface area contributed by atoms with E-state index >= 15 is 0 Å². The molecule has 5 heteroatoms. The summed E-state index contributed by atoms with van der Waals surface area (Å²) in [5.41, 5.74) is 7.32. The topological polar surface area (TPSA) is 53.9 Å². The van der Waals surface area contributed by atoms with Crippen molar-refractivity contribution in [3.63, 3.8) is 0 Å². The van der Waals surface area contributed by atoms with E-state index in [1.807, 2.05) is 17.9 Å². The zero-order valence-corrected chi connectivity index (χ0v) is 15.4. The molecule has 0 radical (unpaired) electrons. The number of fused-ring (bicyclic) bond motifs is 3. The van der Waals surface area contributed by atoms with Gasteiger partial charge in [-0.15, -0.1) is 0 Å². The fraction of sp³-hybridized carbons (Fsp3) is 0.364. The van der Waals surface area contributed by atoms with Gasteiger partial charge in [-0.3, -0.25) is 4.79 Å². The van der Waals surface area contributed by atoms with Crippen LogP contribution in [0.1, 0.15) is 31.7 Å². The fourth-order valence-corrected chi connectivity index (χ4v) is 4.18. The first kappa shape index (κ1) is 16.4. The summed E-state index contributed by atoms with van der Waals surface area (Å²) in [6, 6.07) is 14.6. The lowest BCUT2D eigenvalue weighted by Gasteiger charge is -2.39. The van der Waals surface area contributed by atoms with Crippen LogP contribution in [0.5, 0.6) is 5.75 Å². The third-order valence-electron chi connectivity index (χ3n) is 5.96. The van der Waals surface area contributed by atoms with Gasteiger partial charge < -0.3 is 9.64 Å². The third kappa shape index (κ3) is 2.78. The average Bonchev–Trinajstić information content (AvgIpc) is 2.67. The fourth-order valence-electron chi connectivity index (χ4n) is 4.18. The standard InChI is InChI=1S/C22H23N3O2/c1-14-22(26)24-23-21-13-27-20-12-18(16-8-3-2-4-9-16)17(10-15-6-5-7-15)11-19(20)25(14)21/h2-4,8-9,11-12,14-15H,5-7,10,13H2,1H3,(H,24,26)/t14-/m0/s1. The van der Waals surface area contributed by atoms with Crippen molar-refractivity contribution >= 4 is 17.4 Å². The van der Waals surface area contributed by atoms with E-state index in [1.165, 1.54) is 36.0 Å². The van der Waals surface area contributed by atoms with E-state index in [-0.39, 0.29) is 11.9 Å². The predicted octanol–water partition coefficient (Wildman–Crippen LogP) is 3.73. The summed E-state index contributed by atoms with van der Waals surface area (Å²) >= 11 is 0. The summed E-state index contributed by atoms with van der Waals surface area (Å²) in [4.78, 5) is 14.2. The molecule has 1 saturated carbocycles. The number of carbonyl (C=O) groups excluding carboxylic acids is 1. The largest absolute Gasteiger partial charge is 0.483 e. The van der Waals surface area contributed by atoms with Crippen molar-refractivity contribution in [3.05, 3.63) is 48.0 Å². The molecule has 1 amide bonds. The summed E-state index contributed by atoms with van der Waals surface area (Å²) in [5.74, 6) is 2.26. The molecule has 1 N–H and O–H groups in total. The van der Waals surface area contributed by atoms with Crippen LogP contribution in [0.4, 0.5) is 5.69 Å². The molecule has 0 unspecified atom stereocenters. The number of amides is 1. The molecule has 2 aliphatic heterocycles. The van der Waals surface area contributed by atoms with Crippen LogP contribution >= 0.6 is 0 Å². The predicted molar refractivity (Wildman–Crippen MR) is 106 cm³/mol. The van der Waals surface area contributed by atoms with Gasteiger partial charge >= 0.3 is 0 Å². The van der Waals surface area contributed by atoms with Crippen LogP contribution in [-0.4, -0.2) is 24.4 Å². The van der Waals surface area contributed by atoms with Gasteiger partial charge in [0.25, 0.3) is 5.91 Å². The number of ether oxygens (including phenoxy) is 1. The first-order valence-electron chi connectivity index (χ1n) is 9.71. The second kappa shape index (κ2) is 6.41. The maximum Gasteiger partial charge on any atom is 0.262 e. The molecule has 1 fully saturated rings. The first-order chi connectivity index (χ1) is 13.2. The van der Waals surface area contributed by atoms with Crippen molar-refractivity contribution in [1.29, 1.82) is 0 Å². The Labute approximate surface area is 159 Å². The molecule has 0 saturated heterocycles. The summed E-state index contributed by atoms with van der Waals surface area (Å²) in [5, 5.41) is 4.20. The van der Waals surface area contributed by atoms with Crippen molar-refractivity contribution in [2.45, 2.75) is 38.6 Å². The Morgan fingerprint density at radius 3 is 2.78 bits per heavy atom. The number of nitrogens with zero attached hydrogens (tertiary/aromatic N) is 2. The van der Waals surface area contributed by atoms with E-state index < -0.39 is 0 Å². The van der Waals surface area contributed by atoms with Gasteiger partial charge in [-0.05, 0) is 48.1 Å². The molecule has 3 aliphatic rings. The van der Waals surface area contributed by atoms with Gasteiger partial charge in [0.15, 0.2) is 5.84 Å². The zero-order chi connectivity index (χ0) is 18.4. The molecule has 2 aromatic carbocycles. The third-order valence-corrected chi connectivity index (χ3v) is 5.96. The Balaban J connectivity index is 1.63. The minimum atomic E-state index is -0.292. The zero-order valence-electron chi connectivity index (χ0n) is 15.4. The van der Waals surface area contributed by atoms with Crippen LogP contribution in [-0.2, 0) is 11.2 Å². The van der Waals surface area contributed by atoms with Gasteiger partial charge in [-0.2, -0.15) is 5.10 Å². The lowest BCUT2D eigenvalue weighted by Crippen LogP contribution is -2.55. The van der Waals surface area contributed by atoms with Crippen LogP contribution in [0.15, 0.2) is 47.6 Å². The Morgan fingerprint density at radius 1 is 1.22 bits per heavy atom. The van der Waals surface area contributed by atoms with E-state index in [0.717, 1.165) is 29.6 Å². The van der Waals surface area contributed by atoms with Crippen LogP contribution < -0.4 is 15.1 Å². The number of carbonyl (C=O) groups is 1. The van der Waals surface area contributed by atoms with E-state index in [2.05, 4.69) is 46.9 Å². The normalized spacial score (nSPS) is 21.4. The molecule has 1 aliphatic carbocycles. The molecule has 2 heterocycles. The van der Waals surface area contributed by atoms with Gasteiger partial charge in [0.1, 0.15) is 18.4 Å². The van der Waals surface area contributed by atoms with Gasteiger partial charge in [-0.1, -0.05) is 49.6 Å². The summed E-state index contributed by atoms with van der Waals surface area (Å²) < 4.78 is 6.02. The molecule has 0 spiro atoms. The highest BCUT2D eigenvalue weighted by Gasteiger charge is 2.36. The second-order valence-electron chi connectivity index (χ2n) is 7.68. The average molecular weight is 361 g/mol. The molecule has 2 aromatic rings. The van der Waals surface area contributed by atoms with Crippen LogP contribution in [0.2, 0.25) is 0 Å². The monoisotopic (exact) mass is 361 g/mol. The van der Waals surface area contributed by atoms with Gasteiger partial charge in [0, 0.05) is 0 Å². The van der Waals surface area contributed by atoms with Gasteiger partial charge in [-0.25, -0.2) is 5.43 Å². The highest BCUT2D eigenvalue weighted by Crippen LogP contribution is 2.42. The summed E-state index contributed by atoms with van der Waals surface area (Å²) in [6.45, 7) is 2.28. The van der Waals surface area contributed by atoms with Crippen LogP contribution in [0, 0.1) is 5.92 Å². The van der Waals surface area contributed by atoms with Crippen molar-refractivity contribution in [2.75, 3.05) is 11.5 Å². The molecule has 138 valence electrons. The lowest BCUT2D eigenvalue weighted by atomic mass is 9.79. The quantitative estimate of drug-likeness (QED) is 0.906. The highest BCUT2D eigenvalue weighted by molar-refractivity contribution is 6.09. The number of amidine groups is 1. The van der Waals surface area contributed by atoms with Crippen molar-refractivity contribution in [2.24, 2.45) is 11.0 Å². The second-order valence-corrected chi connectivity index (χ2v) is 7.68.